The zero-order chi connectivity index (χ0) is 13.8. The van der Waals surface area contributed by atoms with Crippen molar-refractivity contribution in [3.8, 4) is 0 Å². The number of benzene rings is 1. The smallest absolute Gasteiger partial charge is 0.261 e. The number of methoxy groups -OCH3 is 1. The molecule has 0 aliphatic heterocycles. The van der Waals surface area contributed by atoms with Gasteiger partial charge in [0, 0.05) is 29.3 Å². The average molecular weight is 281 g/mol. The number of nitrogens with one attached hydrogen (secondary N) is 1. The van der Waals surface area contributed by atoms with Gasteiger partial charge in [-0.3, -0.25) is 4.79 Å². The van der Waals surface area contributed by atoms with E-state index < -0.39 is 0 Å². The number of thiophene rings is 1. The lowest BCUT2D eigenvalue weighted by Crippen LogP contribution is -2.24. The fourth-order valence-electron chi connectivity index (χ4n) is 1.95. The van der Waals surface area contributed by atoms with Gasteiger partial charge in [0.2, 0.25) is 0 Å². The van der Waals surface area contributed by atoms with Gasteiger partial charge in [0.05, 0.1) is 11.5 Å². The second-order valence-electron chi connectivity index (χ2n) is 4.21. The average Bonchev–Trinajstić information content (AvgIpc) is 2.77. The third-order valence-electron chi connectivity index (χ3n) is 2.79. The predicted molar refractivity (Wildman–Crippen MR) is 75.1 cm³/mol. The van der Waals surface area contributed by atoms with Crippen LogP contribution in [0.5, 0.6) is 0 Å². The highest BCUT2D eigenvalue weighted by Crippen LogP contribution is 2.33. The van der Waals surface area contributed by atoms with Crippen LogP contribution in [0.2, 0.25) is 0 Å². The van der Waals surface area contributed by atoms with E-state index in [0.29, 0.717) is 22.4 Å². The number of carbonyl (C=O) groups is 1. The monoisotopic (exact) mass is 281 g/mol. The molecule has 19 heavy (non-hydrogen) atoms. The zero-order valence-corrected chi connectivity index (χ0v) is 11.8. The molecule has 0 fully saturated rings. The molecular formula is C14H16FNO2S. The largest absolute Gasteiger partial charge is 0.380 e. The number of fused-ring (bicyclic) bond motifs is 1. The summed E-state index contributed by atoms with van der Waals surface area (Å²) in [6.45, 7) is 2.83. The highest BCUT2D eigenvalue weighted by molar-refractivity contribution is 7.21. The number of ether oxygens (including phenoxy) is 1. The second kappa shape index (κ2) is 6.12. The van der Waals surface area contributed by atoms with E-state index in [4.69, 9.17) is 4.74 Å². The van der Waals surface area contributed by atoms with Crippen molar-refractivity contribution in [1.29, 1.82) is 0 Å². The van der Waals surface area contributed by atoms with Crippen molar-refractivity contribution in [2.24, 2.45) is 0 Å². The molecule has 0 spiro atoms. The van der Waals surface area contributed by atoms with Crippen LogP contribution in [0.4, 0.5) is 4.39 Å². The maximum Gasteiger partial charge on any atom is 0.261 e. The molecule has 5 heteroatoms. The quantitative estimate of drug-likeness (QED) is 0.913. The van der Waals surface area contributed by atoms with Gasteiger partial charge in [-0.2, -0.15) is 0 Å². The Bertz CT molecular complexity index is 594. The lowest BCUT2D eigenvalue weighted by Gasteiger charge is -2.05. The molecule has 102 valence electrons. The third kappa shape index (κ3) is 2.77. The van der Waals surface area contributed by atoms with Crippen LogP contribution in [0, 0.1) is 5.82 Å². The molecule has 0 bridgehead atoms. The van der Waals surface area contributed by atoms with Crippen molar-refractivity contribution < 1.29 is 13.9 Å². The molecule has 3 nitrogen and oxygen atoms in total. The molecule has 0 saturated carbocycles. The first-order valence-corrected chi connectivity index (χ1v) is 6.97. The molecule has 0 aliphatic rings. The van der Waals surface area contributed by atoms with Crippen molar-refractivity contribution in [1.82, 2.24) is 5.32 Å². The summed E-state index contributed by atoms with van der Waals surface area (Å²) in [4.78, 5) is 12.6. The van der Waals surface area contributed by atoms with E-state index in [1.54, 1.807) is 6.07 Å². The Balaban J connectivity index is 2.50. The van der Waals surface area contributed by atoms with E-state index in [2.05, 4.69) is 5.32 Å². The number of hydrogen-bond donors (Lipinski definition) is 1. The van der Waals surface area contributed by atoms with Crippen molar-refractivity contribution in [3.63, 3.8) is 0 Å². The molecule has 1 heterocycles. The van der Waals surface area contributed by atoms with E-state index in [9.17, 15) is 9.18 Å². The second-order valence-corrected chi connectivity index (χ2v) is 5.26. The number of carbonyl (C=O) groups excluding carboxylic acids is 1. The summed E-state index contributed by atoms with van der Waals surface area (Å²) in [5, 5.41) is 3.32. The zero-order valence-electron chi connectivity index (χ0n) is 11.0. The molecule has 1 amide bonds. The van der Waals surface area contributed by atoms with Crippen LogP contribution in [0.1, 0.15) is 28.6 Å². The minimum Gasteiger partial charge on any atom is -0.380 e. The van der Waals surface area contributed by atoms with Gasteiger partial charge in [0.1, 0.15) is 5.82 Å². The summed E-state index contributed by atoms with van der Waals surface area (Å²) in [7, 11) is 1.54. The molecule has 0 aliphatic carbocycles. The molecule has 0 saturated heterocycles. The maximum absolute atomic E-state index is 13.9. The topological polar surface area (TPSA) is 38.3 Å². The number of amides is 1. The van der Waals surface area contributed by atoms with Crippen LogP contribution in [0.3, 0.4) is 0 Å². The van der Waals surface area contributed by atoms with Crippen LogP contribution < -0.4 is 5.32 Å². The Hall–Kier alpha value is -1.46. The summed E-state index contributed by atoms with van der Waals surface area (Å²) in [6, 6.07) is 4.87. The molecule has 2 rings (SSSR count). The first kappa shape index (κ1) is 14.0. The summed E-state index contributed by atoms with van der Waals surface area (Å²) in [6.07, 6.45) is 0.866. The number of halogens is 1. The Morgan fingerprint density at radius 1 is 1.47 bits per heavy atom. The van der Waals surface area contributed by atoms with Crippen molar-refractivity contribution in [2.75, 3.05) is 13.7 Å². The first-order valence-electron chi connectivity index (χ1n) is 6.16. The SMILES string of the molecule is CCCNC(=O)c1sc2cccc(F)c2c1COC. The van der Waals surface area contributed by atoms with Gasteiger partial charge < -0.3 is 10.1 Å². The van der Waals surface area contributed by atoms with E-state index in [0.717, 1.165) is 11.1 Å². The first-order chi connectivity index (χ1) is 9.19. The highest BCUT2D eigenvalue weighted by Gasteiger charge is 2.20. The molecule has 1 N–H and O–H groups in total. The van der Waals surface area contributed by atoms with E-state index >= 15 is 0 Å². The van der Waals surface area contributed by atoms with Gasteiger partial charge in [-0.05, 0) is 18.6 Å². The number of hydrogen-bond acceptors (Lipinski definition) is 3. The molecule has 0 atom stereocenters. The van der Waals surface area contributed by atoms with Crippen LogP contribution in [0.15, 0.2) is 18.2 Å². The van der Waals surface area contributed by atoms with Crippen LogP contribution in [-0.2, 0) is 11.3 Å². The van der Waals surface area contributed by atoms with Crippen LogP contribution >= 0.6 is 11.3 Å². The summed E-state index contributed by atoms with van der Waals surface area (Å²) in [5.74, 6) is -0.468. The third-order valence-corrected chi connectivity index (χ3v) is 3.99. The summed E-state index contributed by atoms with van der Waals surface area (Å²) in [5.41, 5.74) is 0.634. The molecule has 1 aromatic carbocycles. The standard InChI is InChI=1S/C14H16FNO2S/c1-3-7-16-14(17)13-9(8-18-2)12-10(15)5-4-6-11(12)19-13/h4-6H,3,7-8H2,1-2H3,(H,16,17). The van der Waals surface area contributed by atoms with Crippen LogP contribution in [-0.4, -0.2) is 19.6 Å². The predicted octanol–water partition coefficient (Wildman–Crippen LogP) is 3.33. The van der Waals surface area contributed by atoms with Crippen molar-refractivity contribution >= 4 is 27.3 Å². The van der Waals surface area contributed by atoms with Crippen molar-refractivity contribution in [2.45, 2.75) is 20.0 Å². The van der Waals surface area contributed by atoms with Gasteiger partial charge in [-0.15, -0.1) is 11.3 Å². The maximum atomic E-state index is 13.9. The summed E-state index contributed by atoms with van der Waals surface area (Å²) < 4.78 is 19.8. The summed E-state index contributed by atoms with van der Waals surface area (Å²) >= 11 is 1.30. The van der Waals surface area contributed by atoms with Gasteiger partial charge in [-0.25, -0.2) is 4.39 Å². The van der Waals surface area contributed by atoms with E-state index in [-0.39, 0.29) is 18.3 Å². The molecule has 1 aromatic heterocycles. The Kier molecular flexibility index (Phi) is 4.50. The fourth-order valence-corrected chi connectivity index (χ4v) is 3.09. The normalized spacial score (nSPS) is 10.9. The lowest BCUT2D eigenvalue weighted by atomic mass is 10.1. The van der Waals surface area contributed by atoms with Gasteiger partial charge in [-0.1, -0.05) is 13.0 Å². The Labute approximate surface area is 115 Å². The Morgan fingerprint density at radius 3 is 2.95 bits per heavy atom. The minimum absolute atomic E-state index is 0.158. The number of rotatable bonds is 5. The van der Waals surface area contributed by atoms with Gasteiger partial charge in [0.15, 0.2) is 0 Å². The highest BCUT2D eigenvalue weighted by atomic mass is 32.1. The minimum atomic E-state index is -0.310. The van der Waals surface area contributed by atoms with Gasteiger partial charge in [0.25, 0.3) is 5.91 Å². The van der Waals surface area contributed by atoms with Crippen LogP contribution in [0.25, 0.3) is 10.1 Å². The molecule has 0 radical (unpaired) electrons. The van der Waals surface area contributed by atoms with E-state index in [1.165, 1.54) is 24.5 Å². The lowest BCUT2D eigenvalue weighted by molar-refractivity contribution is 0.0953. The molecule has 0 unspecified atom stereocenters. The molecular weight excluding hydrogens is 265 g/mol. The van der Waals surface area contributed by atoms with Gasteiger partial charge >= 0.3 is 0 Å². The van der Waals surface area contributed by atoms with Crippen molar-refractivity contribution in [3.05, 3.63) is 34.5 Å². The fraction of sp³-hybridized carbons (Fsp3) is 0.357. The molecule has 2 aromatic rings. The van der Waals surface area contributed by atoms with E-state index in [1.807, 2.05) is 13.0 Å². The Morgan fingerprint density at radius 2 is 2.26 bits per heavy atom.